The molecule has 0 radical (unpaired) electrons. The molecule has 0 aliphatic carbocycles. The fourth-order valence-electron chi connectivity index (χ4n) is 1.65. The summed E-state index contributed by atoms with van der Waals surface area (Å²) in [7, 11) is 0. The van der Waals surface area contributed by atoms with Gasteiger partial charge >= 0.3 is 12.1 Å². The molecule has 0 saturated heterocycles. The molecule has 1 aromatic carbocycles. The number of aromatic nitrogens is 1. The van der Waals surface area contributed by atoms with E-state index in [1.807, 2.05) is 18.2 Å². The zero-order chi connectivity index (χ0) is 15.1. The summed E-state index contributed by atoms with van der Waals surface area (Å²) in [6, 6.07) is 7.97. The van der Waals surface area contributed by atoms with Crippen molar-refractivity contribution in [1.82, 2.24) is 10.3 Å². The lowest BCUT2D eigenvalue weighted by atomic mass is 10.2. The van der Waals surface area contributed by atoms with Crippen LogP contribution in [0.15, 0.2) is 47.4 Å². The zero-order valence-electron chi connectivity index (χ0n) is 11.1. The average molecular weight is 290 g/mol. The third kappa shape index (κ3) is 4.64. The number of aliphatic carboxylic acids is 1. The van der Waals surface area contributed by atoms with Crippen molar-refractivity contribution in [3.05, 3.63) is 54.2 Å². The molecule has 2 rings (SSSR count). The van der Waals surface area contributed by atoms with Gasteiger partial charge in [-0.3, -0.25) is 0 Å². The van der Waals surface area contributed by atoms with Crippen LogP contribution in [0.4, 0.5) is 4.79 Å². The lowest BCUT2D eigenvalue weighted by Gasteiger charge is -2.13. The van der Waals surface area contributed by atoms with E-state index in [1.165, 1.54) is 12.7 Å². The molecule has 0 saturated carbocycles. The van der Waals surface area contributed by atoms with Crippen molar-refractivity contribution in [2.75, 3.05) is 0 Å². The van der Waals surface area contributed by atoms with Gasteiger partial charge in [0, 0.05) is 6.42 Å². The molecule has 1 unspecified atom stereocenters. The number of carbonyl (C=O) groups is 2. The number of nitrogens with one attached hydrogen (secondary N) is 1. The molecule has 1 heterocycles. The van der Waals surface area contributed by atoms with Gasteiger partial charge in [-0.2, -0.15) is 0 Å². The summed E-state index contributed by atoms with van der Waals surface area (Å²) >= 11 is 0. The zero-order valence-corrected chi connectivity index (χ0v) is 11.1. The van der Waals surface area contributed by atoms with Crippen LogP contribution in [0.25, 0.3) is 0 Å². The average Bonchev–Trinajstić information content (AvgIpc) is 2.98. The Bertz CT molecular complexity index is 583. The standard InChI is InChI=1S/C14H14N2O5/c17-13(18)12(6-11-8-20-9-15-11)16-14(19)21-7-10-4-2-1-3-5-10/h1-5,8-9,12H,6-7H2,(H,16,19)(H,17,18). The van der Waals surface area contributed by atoms with E-state index < -0.39 is 18.1 Å². The van der Waals surface area contributed by atoms with Crippen LogP contribution in [0.5, 0.6) is 0 Å². The maximum absolute atomic E-state index is 11.6. The minimum Gasteiger partial charge on any atom is -0.480 e. The Balaban J connectivity index is 1.85. The van der Waals surface area contributed by atoms with Gasteiger partial charge in [-0.05, 0) is 5.56 Å². The third-order valence-electron chi connectivity index (χ3n) is 2.70. The van der Waals surface area contributed by atoms with Crippen LogP contribution >= 0.6 is 0 Å². The molecule has 0 spiro atoms. The van der Waals surface area contributed by atoms with Crippen molar-refractivity contribution in [3.8, 4) is 0 Å². The molecule has 7 heteroatoms. The molecule has 0 bridgehead atoms. The Morgan fingerprint density at radius 3 is 2.71 bits per heavy atom. The SMILES string of the molecule is O=C(NC(Cc1cocn1)C(=O)O)OCc1ccccc1. The maximum atomic E-state index is 11.6. The van der Waals surface area contributed by atoms with Crippen molar-refractivity contribution in [3.63, 3.8) is 0 Å². The first kappa shape index (κ1) is 14.6. The van der Waals surface area contributed by atoms with Gasteiger partial charge < -0.3 is 19.6 Å². The molecule has 2 N–H and O–H groups in total. The number of ether oxygens (including phenoxy) is 1. The van der Waals surface area contributed by atoms with E-state index in [1.54, 1.807) is 12.1 Å². The van der Waals surface area contributed by atoms with Gasteiger partial charge in [-0.25, -0.2) is 14.6 Å². The van der Waals surface area contributed by atoms with Crippen LogP contribution < -0.4 is 5.32 Å². The number of rotatable bonds is 6. The maximum Gasteiger partial charge on any atom is 0.408 e. The number of benzene rings is 1. The Hall–Kier alpha value is -2.83. The molecule has 1 aromatic heterocycles. The number of carbonyl (C=O) groups excluding carboxylic acids is 1. The highest BCUT2D eigenvalue weighted by molar-refractivity contribution is 5.80. The second-order valence-corrected chi connectivity index (χ2v) is 4.28. The van der Waals surface area contributed by atoms with E-state index in [-0.39, 0.29) is 13.0 Å². The van der Waals surface area contributed by atoms with Gasteiger partial charge in [-0.15, -0.1) is 0 Å². The van der Waals surface area contributed by atoms with Gasteiger partial charge in [0.25, 0.3) is 0 Å². The smallest absolute Gasteiger partial charge is 0.408 e. The molecule has 2 aromatic rings. The highest BCUT2D eigenvalue weighted by Crippen LogP contribution is 2.03. The Kier molecular flexibility index (Phi) is 4.92. The molecular weight excluding hydrogens is 276 g/mol. The fourth-order valence-corrected chi connectivity index (χ4v) is 1.65. The van der Waals surface area contributed by atoms with Crippen molar-refractivity contribution < 1.29 is 23.8 Å². The summed E-state index contributed by atoms with van der Waals surface area (Å²) in [5, 5.41) is 11.4. The summed E-state index contributed by atoms with van der Waals surface area (Å²) in [6.45, 7) is 0.0724. The number of hydrogen-bond acceptors (Lipinski definition) is 5. The predicted octanol–water partition coefficient (Wildman–Crippen LogP) is 1.60. The van der Waals surface area contributed by atoms with E-state index in [0.717, 1.165) is 5.56 Å². The minimum absolute atomic E-state index is 0.0201. The second-order valence-electron chi connectivity index (χ2n) is 4.28. The molecule has 0 aliphatic rings. The first-order chi connectivity index (χ1) is 10.1. The molecule has 0 aliphatic heterocycles. The minimum atomic E-state index is -1.17. The molecular formula is C14H14N2O5. The van der Waals surface area contributed by atoms with Crippen LogP contribution in [0.1, 0.15) is 11.3 Å². The quantitative estimate of drug-likeness (QED) is 0.837. The molecule has 0 fully saturated rings. The van der Waals surface area contributed by atoms with E-state index in [4.69, 9.17) is 14.3 Å². The number of nitrogens with zero attached hydrogens (tertiary/aromatic N) is 1. The first-order valence-electron chi connectivity index (χ1n) is 6.22. The number of oxazole rings is 1. The van der Waals surface area contributed by atoms with Crippen LogP contribution in [-0.2, 0) is 22.6 Å². The lowest BCUT2D eigenvalue weighted by Crippen LogP contribution is -2.42. The molecule has 1 atom stereocenters. The highest BCUT2D eigenvalue weighted by Gasteiger charge is 2.22. The number of amides is 1. The largest absolute Gasteiger partial charge is 0.480 e. The highest BCUT2D eigenvalue weighted by atomic mass is 16.5. The van der Waals surface area contributed by atoms with Crippen molar-refractivity contribution in [2.45, 2.75) is 19.1 Å². The van der Waals surface area contributed by atoms with Crippen LogP contribution in [0, 0.1) is 0 Å². The van der Waals surface area contributed by atoms with Gasteiger partial charge in [0.2, 0.25) is 0 Å². The number of hydrogen-bond donors (Lipinski definition) is 2. The van der Waals surface area contributed by atoms with Crippen LogP contribution in [-0.4, -0.2) is 28.2 Å². The molecule has 110 valence electrons. The van der Waals surface area contributed by atoms with Gasteiger partial charge in [-0.1, -0.05) is 30.3 Å². The number of carboxylic acid groups (broad SMARTS) is 1. The van der Waals surface area contributed by atoms with Crippen molar-refractivity contribution >= 4 is 12.1 Å². The van der Waals surface area contributed by atoms with Crippen molar-refractivity contribution in [2.24, 2.45) is 0 Å². The molecule has 1 amide bonds. The summed E-state index contributed by atoms with van der Waals surface area (Å²) in [6.07, 6.45) is 1.75. The monoisotopic (exact) mass is 290 g/mol. The first-order valence-corrected chi connectivity index (χ1v) is 6.22. The van der Waals surface area contributed by atoms with E-state index in [9.17, 15) is 9.59 Å². The van der Waals surface area contributed by atoms with Gasteiger partial charge in [0.15, 0.2) is 6.39 Å². The second kappa shape index (κ2) is 7.09. The molecule has 21 heavy (non-hydrogen) atoms. The van der Waals surface area contributed by atoms with E-state index in [2.05, 4.69) is 10.3 Å². The summed E-state index contributed by atoms with van der Waals surface area (Å²) < 4.78 is 9.73. The van der Waals surface area contributed by atoms with Crippen molar-refractivity contribution in [1.29, 1.82) is 0 Å². The van der Waals surface area contributed by atoms with Crippen LogP contribution in [0.2, 0.25) is 0 Å². The lowest BCUT2D eigenvalue weighted by molar-refractivity contribution is -0.139. The topological polar surface area (TPSA) is 102 Å². The van der Waals surface area contributed by atoms with Crippen LogP contribution in [0.3, 0.4) is 0 Å². The van der Waals surface area contributed by atoms with Gasteiger partial charge in [0.05, 0.1) is 5.69 Å². The normalized spacial score (nSPS) is 11.6. The fraction of sp³-hybridized carbons (Fsp3) is 0.214. The summed E-state index contributed by atoms with van der Waals surface area (Å²) in [4.78, 5) is 26.5. The number of carboxylic acids is 1. The number of alkyl carbamates (subject to hydrolysis) is 1. The Morgan fingerprint density at radius 2 is 2.10 bits per heavy atom. The summed E-state index contributed by atoms with van der Waals surface area (Å²) in [5.74, 6) is -1.17. The van der Waals surface area contributed by atoms with Gasteiger partial charge in [0.1, 0.15) is 18.9 Å². The molecule has 7 nitrogen and oxygen atoms in total. The summed E-state index contributed by atoms with van der Waals surface area (Å²) in [5.41, 5.74) is 1.25. The van der Waals surface area contributed by atoms with E-state index in [0.29, 0.717) is 5.69 Å². The third-order valence-corrected chi connectivity index (χ3v) is 2.70. The predicted molar refractivity (Wildman–Crippen MR) is 71.4 cm³/mol. The Morgan fingerprint density at radius 1 is 1.33 bits per heavy atom. The van der Waals surface area contributed by atoms with E-state index >= 15 is 0 Å². The Labute approximate surface area is 120 Å².